The average Bonchev–Trinajstić information content (AvgIpc) is 2.56. The Morgan fingerprint density at radius 1 is 0.909 bits per heavy atom. The van der Waals surface area contributed by atoms with Crippen molar-refractivity contribution < 1.29 is 14.3 Å². The van der Waals surface area contributed by atoms with Crippen LogP contribution in [-0.2, 0) is 0 Å². The quantitative estimate of drug-likeness (QED) is 0.331. The number of carbonyl (C=O) groups excluding carboxylic acids is 1. The zero-order valence-corrected chi connectivity index (χ0v) is 14.9. The van der Waals surface area contributed by atoms with E-state index in [-0.39, 0.29) is 5.78 Å². The van der Waals surface area contributed by atoms with E-state index in [4.69, 9.17) is 9.47 Å². The molecule has 0 N–H and O–H groups in total. The van der Waals surface area contributed by atoms with Gasteiger partial charge in [0.2, 0.25) is 5.78 Å². The van der Waals surface area contributed by atoms with Gasteiger partial charge < -0.3 is 9.47 Å². The number of halogens is 1. The molecular formula is C18H17IO3. The number of hydrogen-bond acceptors (Lipinski definition) is 3. The van der Waals surface area contributed by atoms with Crippen molar-refractivity contribution in [1.29, 1.82) is 0 Å². The third kappa shape index (κ3) is 6.19. The largest absolute Gasteiger partial charge is 0.497 e. The summed E-state index contributed by atoms with van der Waals surface area (Å²) in [6, 6.07) is 14.8. The second-order valence-electron chi connectivity index (χ2n) is 4.09. The summed E-state index contributed by atoms with van der Waals surface area (Å²) in [5, 5.41) is 0. The van der Waals surface area contributed by atoms with Crippen LogP contribution in [0.1, 0.15) is 17.3 Å². The van der Waals surface area contributed by atoms with Gasteiger partial charge in [0, 0.05) is 9.13 Å². The number of hydrogen-bond donors (Lipinski definition) is 0. The maximum Gasteiger partial charge on any atom is 0.235 e. The van der Waals surface area contributed by atoms with Crippen LogP contribution >= 0.6 is 22.6 Å². The van der Waals surface area contributed by atoms with E-state index in [2.05, 4.69) is 34.4 Å². The van der Waals surface area contributed by atoms with Gasteiger partial charge in [0.25, 0.3) is 0 Å². The molecule has 0 amide bonds. The highest BCUT2D eigenvalue weighted by Gasteiger charge is 2.00. The van der Waals surface area contributed by atoms with Crippen LogP contribution in [0.2, 0.25) is 0 Å². The lowest BCUT2D eigenvalue weighted by Gasteiger charge is -1.98. The monoisotopic (exact) mass is 408 g/mol. The van der Waals surface area contributed by atoms with Gasteiger partial charge in [-0.3, -0.25) is 4.79 Å². The number of methoxy groups -OCH3 is 2. The Bertz CT molecular complexity index is 649. The molecule has 0 aliphatic rings. The van der Waals surface area contributed by atoms with Crippen molar-refractivity contribution in [3.63, 3.8) is 0 Å². The van der Waals surface area contributed by atoms with E-state index >= 15 is 0 Å². The van der Waals surface area contributed by atoms with Gasteiger partial charge in [-0.25, -0.2) is 0 Å². The Morgan fingerprint density at radius 2 is 1.36 bits per heavy atom. The molecular weight excluding hydrogens is 391 g/mol. The molecule has 0 bridgehead atoms. The summed E-state index contributed by atoms with van der Waals surface area (Å²) in [5.41, 5.74) is 0.593. The zero-order chi connectivity index (χ0) is 16.4. The van der Waals surface area contributed by atoms with Gasteiger partial charge >= 0.3 is 0 Å². The van der Waals surface area contributed by atoms with Gasteiger partial charge in [0.15, 0.2) is 0 Å². The van der Waals surface area contributed by atoms with Crippen molar-refractivity contribution in [2.45, 2.75) is 6.92 Å². The fourth-order valence-corrected chi connectivity index (χ4v) is 1.86. The minimum atomic E-state index is -0.162. The molecule has 2 rings (SSSR count). The minimum Gasteiger partial charge on any atom is -0.497 e. The van der Waals surface area contributed by atoms with E-state index in [0.29, 0.717) is 5.56 Å². The predicted octanol–water partition coefficient (Wildman–Crippen LogP) is 4.20. The molecule has 0 unspecified atom stereocenters. The maximum atomic E-state index is 11.2. The van der Waals surface area contributed by atoms with Gasteiger partial charge in [-0.2, -0.15) is 0 Å². The number of ketones is 1. The van der Waals surface area contributed by atoms with E-state index < -0.39 is 0 Å². The van der Waals surface area contributed by atoms with Gasteiger partial charge in [0.05, 0.1) is 14.2 Å². The van der Waals surface area contributed by atoms with E-state index in [1.54, 1.807) is 45.4 Å². The smallest absolute Gasteiger partial charge is 0.235 e. The fraction of sp³-hybridized carbons (Fsp3) is 0.167. The maximum absolute atomic E-state index is 11.2. The van der Waals surface area contributed by atoms with Crippen LogP contribution in [0.4, 0.5) is 0 Å². The standard InChI is InChI=1S/C11H10O2.C7H7IO/c1-3-4-11(12)9-5-7-10(13-2)8-6-9;1-9-7-4-2-6(8)3-5-7/h5-8H,1-2H3;2-5H,1H3. The molecule has 2 aromatic rings. The van der Waals surface area contributed by atoms with Crippen LogP contribution in [0.15, 0.2) is 48.5 Å². The SMILES string of the molecule is CC#CC(=O)c1ccc(OC)cc1.COc1ccc(I)cc1. The van der Waals surface area contributed by atoms with Crippen LogP contribution in [0.5, 0.6) is 11.5 Å². The molecule has 0 spiro atoms. The first-order valence-electron chi connectivity index (χ1n) is 6.51. The summed E-state index contributed by atoms with van der Waals surface area (Å²) in [6.45, 7) is 1.64. The summed E-state index contributed by atoms with van der Waals surface area (Å²) in [5.74, 6) is 6.52. The molecule has 0 aromatic heterocycles. The molecule has 22 heavy (non-hydrogen) atoms. The van der Waals surface area contributed by atoms with Crippen molar-refractivity contribution in [2.24, 2.45) is 0 Å². The number of Topliss-reactive ketones (excluding diaryl/α,β-unsaturated/α-hetero) is 1. The van der Waals surface area contributed by atoms with Crippen LogP contribution in [-0.4, -0.2) is 20.0 Å². The summed E-state index contributed by atoms with van der Waals surface area (Å²) < 4.78 is 11.2. The van der Waals surface area contributed by atoms with Crippen molar-refractivity contribution in [1.82, 2.24) is 0 Å². The second kappa shape index (κ2) is 9.85. The van der Waals surface area contributed by atoms with E-state index in [1.165, 1.54) is 3.57 Å². The topological polar surface area (TPSA) is 35.5 Å². The van der Waals surface area contributed by atoms with E-state index in [0.717, 1.165) is 11.5 Å². The molecule has 3 nitrogen and oxygen atoms in total. The van der Waals surface area contributed by atoms with Gasteiger partial charge in [-0.15, -0.1) is 0 Å². The third-order valence-corrected chi connectivity index (χ3v) is 3.36. The molecule has 0 fully saturated rings. The Balaban J connectivity index is 0.000000235. The van der Waals surface area contributed by atoms with Crippen molar-refractivity contribution in [3.8, 4) is 23.3 Å². The first kappa shape index (κ1) is 18.1. The lowest BCUT2D eigenvalue weighted by atomic mass is 10.1. The van der Waals surface area contributed by atoms with Crippen LogP contribution in [0.3, 0.4) is 0 Å². The van der Waals surface area contributed by atoms with Crippen LogP contribution in [0.25, 0.3) is 0 Å². The fourth-order valence-electron chi connectivity index (χ4n) is 1.50. The Kier molecular flexibility index (Phi) is 8.08. The summed E-state index contributed by atoms with van der Waals surface area (Å²) in [4.78, 5) is 11.2. The molecule has 0 saturated carbocycles. The summed E-state index contributed by atoms with van der Waals surface area (Å²) >= 11 is 2.26. The number of rotatable bonds is 3. The van der Waals surface area contributed by atoms with Crippen molar-refractivity contribution >= 4 is 28.4 Å². The van der Waals surface area contributed by atoms with Crippen molar-refractivity contribution in [2.75, 3.05) is 14.2 Å². The number of benzene rings is 2. The normalized spacial score (nSPS) is 8.73. The number of ether oxygens (including phenoxy) is 2. The van der Waals surface area contributed by atoms with Crippen molar-refractivity contribution in [3.05, 3.63) is 57.7 Å². The first-order chi connectivity index (χ1) is 10.6. The molecule has 0 radical (unpaired) electrons. The number of carbonyl (C=O) groups is 1. The predicted molar refractivity (Wildman–Crippen MR) is 96.5 cm³/mol. The lowest BCUT2D eigenvalue weighted by molar-refractivity contribution is 0.105. The molecule has 0 atom stereocenters. The van der Waals surface area contributed by atoms with E-state index in [1.807, 2.05) is 24.3 Å². The Hall–Kier alpha value is -2.00. The van der Waals surface area contributed by atoms with Gasteiger partial charge in [-0.1, -0.05) is 5.92 Å². The average molecular weight is 408 g/mol. The van der Waals surface area contributed by atoms with Crippen LogP contribution in [0, 0.1) is 15.4 Å². The zero-order valence-electron chi connectivity index (χ0n) is 12.7. The highest BCUT2D eigenvalue weighted by Crippen LogP contribution is 2.12. The second-order valence-corrected chi connectivity index (χ2v) is 5.34. The summed E-state index contributed by atoms with van der Waals surface area (Å²) in [7, 11) is 3.25. The third-order valence-electron chi connectivity index (χ3n) is 2.64. The molecule has 0 aliphatic carbocycles. The minimum absolute atomic E-state index is 0.162. The Morgan fingerprint density at radius 3 is 1.77 bits per heavy atom. The highest BCUT2D eigenvalue weighted by molar-refractivity contribution is 14.1. The molecule has 0 heterocycles. The molecule has 0 saturated heterocycles. The van der Waals surface area contributed by atoms with Crippen LogP contribution < -0.4 is 9.47 Å². The Labute approximate surface area is 144 Å². The summed E-state index contributed by atoms with van der Waals surface area (Å²) in [6.07, 6.45) is 0. The molecule has 0 aliphatic heterocycles. The molecule has 114 valence electrons. The molecule has 4 heteroatoms. The lowest BCUT2D eigenvalue weighted by Crippen LogP contribution is -1.94. The van der Waals surface area contributed by atoms with Gasteiger partial charge in [-0.05, 0) is 84.0 Å². The first-order valence-corrected chi connectivity index (χ1v) is 7.59. The van der Waals surface area contributed by atoms with Gasteiger partial charge in [0.1, 0.15) is 11.5 Å². The highest BCUT2D eigenvalue weighted by atomic mass is 127. The van der Waals surface area contributed by atoms with E-state index in [9.17, 15) is 4.79 Å². The molecule has 2 aromatic carbocycles.